The van der Waals surface area contributed by atoms with Crippen LogP contribution in [0.2, 0.25) is 0 Å². The number of anilines is 1. The van der Waals surface area contributed by atoms with Crippen LogP contribution in [0, 0.1) is 0 Å². The summed E-state index contributed by atoms with van der Waals surface area (Å²) in [6.07, 6.45) is 6.20. The Morgan fingerprint density at radius 2 is 2.27 bits per heavy atom. The second-order valence-corrected chi connectivity index (χ2v) is 9.11. The first-order chi connectivity index (χ1) is 14.5. The fourth-order valence-corrected chi connectivity index (χ4v) is 5.00. The van der Waals surface area contributed by atoms with Gasteiger partial charge in [-0.2, -0.15) is 0 Å². The van der Waals surface area contributed by atoms with E-state index in [1.807, 2.05) is 19.9 Å². The Balaban J connectivity index is 1.74. The van der Waals surface area contributed by atoms with Crippen LogP contribution in [0.5, 0.6) is 0 Å². The molecule has 2 fully saturated rings. The zero-order chi connectivity index (χ0) is 21.3. The fourth-order valence-electron chi connectivity index (χ4n) is 3.56. The van der Waals surface area contributed by atoms with Gasteiger partial charge in [-0.25, -0.2) is 4.98 Å². The molecular formula is C21H24N4O3S2. The van der Waals surface area contributed by atoms with E-state index in [-0.39, 0.29) is 23.6 Å². The van der Waals surface area contributed by atoms with Gasteiger partial charge in [0, 0.05) is 25.4 Å². The van der Waals surface area contributed by atoms with Gasteiger partial charge < -0.3 is 10.1 Å². The number of carbonyl (C=O) groups excluding carboxylic acids is 1. The average molecular weight is 445 g/mol. The number of nitrogens with zero attached hydrogens (tertiary/aromatic N) is 3. The topological polar surface area (TPSA) is 75.9 Å². The van der Waals surface area contributed by atoms with Crippen LogP contribution in [0.15, 0.2) is 34.1 Å². The van der Waals surface area contributed by atoms with Gasteiger partial charge in [-0.15, -0.1) is 0 Å². The Morgan fingerprint density at radius 3 is 3.00 bits per heavy atom. The van der Waals surface area contributed by atoms with Crippen molar-refractivity contribution in [2.45, 2.75) is 45.3 Å². The Kier molecular flexibility index (Phi) is 6.21. The van der Waals surface area contributed by atoms with Crippen molar-refractivity contribution in [2.75, 3.05) is 18.5 Å². The van der Waals surface area contributed by atoms with E-state index in [9.17, 15) is 9.59 Å². The average Bonchev–Trinajstić information content (AvgIpc) is 3.36. The van der Waals surface area contributed by atoms with E-state index < -0.39 is 0 Å². The Bertz CT molecular complexity index is 1080. The van der Waals surface area contributed by atoms with E-state index in [0.717, 1.165) is 25.9 Å². The number of hydrogen-bond donors (Lipinski definition) is 1. The zero-order valence-electron chi connectivity index (χ0n) is 17.0. The molecule has 158 valence electrons. The maximum absolute atomic E-state index is 13.2. The number of thioether (sulfide) groups is 1. The van der Waals surface area contributed by atoms with Gasteiger partial charge in [0.1, 0.15) is 15.8 Å². The molecule has 4 rings (SSSR count). The molecule has 7 nitrogen and oxygen atoms in total. The van der Waals surface area contributed by atoms with Crippen molar-refractivity contribution >= 4 is 51.7 Å². The van der Waals surface area contributed by atoms with Crippen LogP contribution in [0.4, 0.5) is 5.82 Å². The number of aromatic nitrogens is 2. The quantitative estimate of drug-likeness (QED) is 0.541. The minimum Gasteiger partial charge on any atom is -0.376 e. The number of rotatable bonds is 6. The molecule has 0 aromatic carbocycles. The van der Waals surface area contributed by atoms with Gasteiger partial charge in [0.05, 0.1) is 16.6 Å². The smallest absolute Gasteiger partial charge is 0.267 e. The molecule has 0 spiro atoms. The van der Waals surface area contributed by atoms with Gasteiger partial charge in [-0.3, -0.25) is 18.9 Å². The van der Waals surface area contributed by atoms with Crippen molar-refractivity contribution in [1.82, 2.24) is 14.3 Å². The van der Waals surface area contributed by atoms with Gasteiger partial charge in [-0.05, 0) is 44.4 Å². The van der Waals surface area contributed by atoms with E-state index >= 15 is 0 Å². The van der Waals surface area contributed by atoms with Gasteiger partial charge >= 0.3 is 0 Å². The zero-order valence-corrected chi connectivity index (χ0v) is 18.6. The second-order valence-electron chi connectivity index (χ2n) is 7.43. The molecule has 0 aliphatic carbocycles. The molecule has 4 heterocycles. The normalized spacial score (nSPS) is 21.7. The van der Waals surface area contributed by atoms with Gasteiger partial charge in [-0.1, -0.05) is 37.0 Å². The van der Waals surface area contributed by atoms with Crippen LogP contribution in [0.1, 0.15) is 38.7 Å². The van der Waals surface area contributed by atoms with Crippen molar-refractivity contribution in [1.29, 1.82) is 0 Å². The maximum Gasteiger partial charge on any atom is 0.267 e. The highest BCUT2D eigenvalue weighted by molar-refractivity contribution is 8.26. The predicted molar refractivity (Wildman–Crippen MR) is 124 cm³/mol. The summed E-state index contributed by atoms with van der Waals surface area (Å²) in [5, 5.41) is 3.27. The first-order valence-electron chi connectivity index (χ1n) is 10.1. The summed E-state index contributed by atoms with van der Waals surface area (Å²) in [5.41, 5.74) is 0.659. The molecule has 2 aliphatic heterocycles. The van der Waals surface area contributed by atoms with Gasteiger partial charge in [0.15, 0.2) is 0 Å². The largest absolute Gasteiger partial charge is 0.376 e. The van der Waals surface area contributed by atoms with Gasteiger partial charge in [0.2, 0.25) is 0 Å². The molecule has 2 saturated heterocycles. The molecule has 2 aliphatic rings. The molecular weight excluding hydrogens is 420 g/mol. The minimum atomic E-state index is -0.232. The van der Waals surface area contributed by atoms with Crippen molar-refractivity contribution < 1.29 is 9.53 Å². The van der Waals surface area contributed by atoms with E-state index in [1.54, 1.807) is 29.3 Å². The summed E-state index contributed by atoms with van der Waals surface area (Å²) in [4.78, 5) is 32.9. The van der Waals surface area contributed by atoms with Crippen LogP contribution in [0.3, 0.4) is 0 Å². The first-order valence-corrected chi connectivity index (χ1v) is 11.4. The Hall–Kier alpha value is -2.23. The fraction of sp³-hybridized carbons (Fsp3) is 0.429. The van der Waals surface area contributed by atoms with Crippen molar-refractivity contribution in [3.05, 3.63) is 45.2 Å². The van der Waals surface area contributed by atoms with Crippen molar-refractivity contribution in [3.63, 3.8) is 0 Å². The predicted octanol–water partition coefficient (Wildman–Crippen LogP) is 3.29. The Labute approximate surface area is 184 Å². The van der Waals surface area contributed by atoms with Crippen molar-refractivity contribution in [2.24, 2.45) is 0 Å². The Morgan fingerprint density at radius 1 is 1.43 bits per heavy atom. The molecule has 2 aromatic rings. The highest BCUT2D eigenvalue weighted by atomic mass is 32.2. The second kappa shape index (κ2) is 8.87. The van der Waals surface area contributed by atoms with Crippen LogP contribution in [0.25, 0.3) is 11.7 Å². The third-order valence-electron chi connectivity index (χ3n) is 5.42. The summed E-state index contributed by atoms with van der Waals surface area (Å²) >= 11 is 6.64. The monoisotopic (exact) mass is 444 g/mol. The molecule has 1 N–H and O–H groups in total. The minimum absolute atomic E-state index is 0.0105. The highest BCUT2D eigenvalue weighted by Crippen LogP contribution is 2.34. The lowest BCUT2D eigenvalue weighted by molar-refractivity contribution is -0.123. The molecule has 0 bridgehead atoms. The SMILES string of the molecule is CC[C@H](C)N1C(=O)/C(=C/c2c(NC[C@H]3CCCO3)nc3ccccn3c2=O)SC1=S. The molecule has 1 amide bonds. The van der Waals surface area contributed by atoms with E-state index in [4.69, 9.17) is 17.0 Å². The molecule has 9 heteroatoms. The number of thiocarbonyl (C=S) groups is 1. The molecule has 0 unspecified atom stereocenters. The lowest BCUT2D eigenvalue weighted by atomic mass is 10.2. The standard InChI is InChI=1S/C21H24N4O3S2/c1-3-13(2)25-20(27)16(30-21(25)29)11-15-18(22-12-14-7-6-10-28-14)23-17-8-4-5-9-24(17)19(15)26/h4-5,8-9,11,13-14,22H,3,6-7,10,12H2,1-2H3/b16-11-/t13-,14+/m0/s1. The number of ether oxygens (including phenoxy) is 1. The number of hydrogen-bond acceptors (Lipinski definition) is 7. The highest BCUT2D eigenvalue weighted by Gasteiger charge is 2.35. The third kappa shape index (κ3) is 4.01. The third-order valence-corrected chi connectivity index (χ3v) is 6.75. The molecule has 30 heavy (non-hydrogen) atoms. The van der Waals surface area contributed by atoms with Crippen LogP contribution < -0.4 is 10.9 Å². The number of amides is 1. The summed E-state index contributed by atoms with van der Waals surface area (Å²) < 4.78 is 7.68. The first kappa shape index (κ1) is 21.0. The number of nitrogens with one attached hydrogen (secondary N) is 1. The lowest BCUT2D eigenvalue weighted by Gasteiger charge is -2.21. The van der Waals surface area contributed by atoms with Crippen molar-refractivity contribution in [3.8, 4) is 0 Å². The molecule has 2 aromatic heterocycles. The summed E-state index contributed by atoms with van der Waals surface area (Å²) in [6.45, 7) is 5.30. The van der Waals surface area contributed by atoms with E-state index in [1.165, 1.54) is 16.2 Å². The molecule has 2 atom stereocenters. The number of carbonyl (C=O) groups is 1. The van der Waals surface area contributed by atoms with E-state index in [2.05, 4.69) is 10.3 Å². The van der Waals surface area contributed by atoms with Crippen LogP contribution in [-0.4, -0.2) is 49.8 Å². The van der Waals surface area contributed by atoms with Crippen LogP contribution >= 0.6 is 24.0 Å². The summed E-state index contributed by atoms with van der Waals surface area (Å²) in [5.74, 6) is 0.289. The molecule has 0 radical (unpaired) electrons. The van der Waals surface area contributed by atoms with Gasteiger partial charge in [0.25, 0.3) is 11.5 Å². The summed E-state index contributed by atoms with van der Waals surface area (Å²) in [7, 11) is 0. The lowest BCUT2D eigenvalue weighted by Crippen LogP contribution is -2.36. The number of fused-ring (bicyclic) bond motifs is 1. The maximum atomic E-state index is 13.2. The summed E-state index contributed by atoms with van der Waals surface area (Å²) in [6, 6.07) is 5.41. The van der Waals surface area contributed by atoms with Crippen LogP contribution in [-0.2, 0) is 9.53 Å². The number of pyridine rings is 1. The van der Waals surface area contributed by atoms with E-state index in [0.29, 0.717) is 32.8 Å². The molecule has 0 saturated carbocycles.